The SMILES string of the molecule is CCCCOc1ccc(CNC(=S)NC(=O)c2ccc(C)c(Br)c2)cc1OC. The summed E-state index contributed by atoms with van der Waals surface area (Å²) in [6.45, 7) is 5.21. The molecule has 0 atom stereocenters. The largest absolute Gasteiger partial charge is 0.493 e. The molecule has 0 spiro atoms. The first-order valence-corrected chi connectivity index (χ1v) is 10.3. The fourth-order valence-electron chi connectivity index (χ4n) is 2.40. The van der Waals surface area contributed by atoms with Gasteiger partial charge >= 0.3 is 0 Å². The molecular weight excluding hydrogens is 440 g/mol. The van der Waals surface area contributed by atoms with E-state index in [2.05, 4.69) is 33.5 Å². The van der Waals surface area contributed by atoms with E-state index >= 15 is 0 Å². The topological polar surface area (TPSA) is 59.6 Å². The molecule has 0 unspecified atom stereocenters. The normalized spacial score (nSPS) is 10.3. The number of aryl methyl sites for hydroxylation is 1. The predicted molar refractivity (Wildman–Crippen MR) is 119 cm³/mol. The molecule has 0 heterocycles. The fourth-order valence-corrected chi connectivity index (χ4v) is 2.95. The zero-order chi connectivity index (χ0) is 20.5. The van der Waals surface area contributed by atoms with Gasteiger partial charge in [-0.1, -0.05) is 41.4 Å². The van der Waals surface area contributed by atoms with Crippen molar-refractivity contribution in [3.63, 3.8) is 0 Å². The van der Waals surface area contributed by atoms with Crippen molar-refractivity contribution < 1.29 is 14.3 Å². The number of benzene rings is 2. The van der Waals surface area contributed by atoms with E-state index in [9.17, 15) is 4.79 Å². The number of unbranched alkanes of at least 4 members (excludes halogenated alkanes) is 1. The van der Waals surface area contributed by atoms with Gasteiger partial charge in [-0.2, -0.15) is 0 Å². The van der Waals surface area contributed by atoms with Crippen LogP contribution >= 0.6 is 28.1 Å². The number of thiocarbonyl (C=S) groups is 1. The van der Waals surface area contributed by atoms with Crippen LogP contribution in [0.5, 0.6) is 11.5 Å². The van der Waals surface area contributed by atoms with Crippen molar-refractivity contribution in [1.82, 2.24) is 10.6 Å². The lowest BCUT2D eigenvalue weighted by Gasteiger charge is -2.13. The molecule has 0 bridgehead atoms. The molecule has 0 aliphatic heterocycles. The van der Waals surface area contributed by atoms with Crippen LogP contribution in [0, 0.1) is 6.92 Å². The maximum Gasteiger partial charge on any atom is 0.257 e. The molecule has 7 heteroatoms. The highest BCUT2D eigenvalue weighted by Crippen LogP contribution is 2.28. The van der Waals surface area contributed by atoms with Gasteiger partial charge in [0.05, 0.1) is 13.7 Å². The predicted octanol–water partition coefficient (Wildman–Crippen LogP) is 4.75. The summed E-state index contributed by atoms with van der Waals surface area (Å²) in [5.74, 6) is 1.14. The summed E-state index contributed by atoms with van der Waals surface area (Å²) in [6.07, 6.45) is 2.07. The second kappa shape index (κ2) is 11.0. The monoisotopic (exact) mass is 464 g/mol. The zero-order valence-corrected chi connectivity index (χ0v) is 18.7. The first-order chi connectivity index (χ1) is 13.4. The highest BCUT2D eigenvalue weighted by Gasteiger charge is 2.10. The molecule has 28 heavy (non-hydrogen) atoms. The van der Waals surface area contributed by atoms with E-state index in [1.165, 1.54) is 0 Å². The summed E-state index contributed by atoms with van der Waals surface area (Å²) < 4.78 is 12.0. The van der Waals surface area contributed by atoms with Crippen LogP contribution in [0.3, 0.4) is 0 Å². The molecule has 0 fully saturated rings. The Hall–Kier alpha value is -2.12. The summed E-state index contributed by atoms with van der Waals surface area (Å²) in [4.78, 5) is 12.3. The number of amides is 1. The number of hydrogen-bond donors (Lipinski definition) is 2. The maximum absolute atomic E-state index is 12.3. The quantitative estimate of drug-likeness (QED) is 0.435. The maximum atomic E-state index is 12.3. The van der Waals surface area contributed by atoms with Gasteiger partial charge in [-0.25, -0.2) is 0 Å². The van der Waals surface area contributed by atoms with Gasteiger partial charge in [-0.05, 0) is 61.0 Å². The minimum absolute atomic E-state index is 0.254. The Balaban J connectivity index is 1.91. The van der Waals surface area contributed by atoms with Crippen molar-refractivity contribution in [2.45, 2.75) is 33.2 Å². The van der Waals surface area contributed by atoms with Gasteiger partial charge in [-0.15, -0.1) is 0 Å². The molecule has 2 aromatic rings. The zero-order valence-electron chi connectivity index (χ0n) is 16.3. The number of rotatable bonds is 8. The summed E-state index contributed by atoms with van der Waals surface area (Å²) >= 11 is 8.67. The fraction of sp³-hybridized carbons (Fsp3) is 0.333. The summed E-state index contributed by atoms with van der Waals surface area (Å²) in [6, 6.07) is 11.1. The number of nitrogens with one attached hydrogen (secondary N) is 2. The lowest BCUT2D eigenvalue weighted by atomic mass is 10.1. The van der Waals surface area contributed by atoms with E-state index < -0.39 is 0 Å². The van der Waals surface area contributed by atoms with Gasteiger partial charge in [0.1, 0.15) is 0 Å². The molecule has 0 aliphatic rings. The molecule has 2 N–H and O–H groups in total. The molecule has 0 saturated carbocycles. The molecular formula is C21H25BrN2O3S. The lowest BCUT2D eigenvalue weighted by Crippen LogP contribution is -2.38. The second-order valence-corrected chi connectivity index (χ2v) is 7.55. The average Bonchev–Trinajstić information content (AvgIpc) is 2.69. The first-order valence-electron chi connectivity index (χ1n) is 9.09. The molecule has 0 saturated heterocycles. The van der Waals surface area contributed by atoms with Gasteiger partial charge < -0.3 is 14.8 Å². The number of methoxy groups -OCH3 is 1. The second-order valence-electron chi connectivity index (χ2n) is 6.29. The first kappa shape index (κ1) is 22.2. The van der Waals surface area contributed by atoms with Crippen LogP contribution in [0.1, 0.15) is 41.3 Å². The van der Waals surface area contributed by atoms with Crippen molar-refractivity contribution in [1.29, 1.82) is 0 Å². The smallest absolute Gasteiger partial charge is 0.257 e. The van der Waals surface area contributed by atoms with Gasteiger partial charge in [0.2, 0.25) is 0 Å². The van der Waals surface area contributed by atoms with E-state index in [4.69, 9.17) is 21.7 Å². The summed E-state index contributed by atoms with van der Waals surface area (Å²) in [5.41, 5.74) is 2.57. The van der Waals surface area contributed by atoms with E-state index in [0.717, 1.165) is 34.2 Å². The Bertz CT molecular complexity index is 842. The molecule has 0 radical (unpaired) electrons. The van der Waals surface area contributed by atoms with Crippen molar-refractivity contribution in [3.8, 4) is 11.5 Å². The van der Waals surface area contributed by atoms with Crippen LogP contribution in [-0.2, 0) is 6.54 Å². The summed E-state index contributed by atoms with van der Waals surface area (Å²) in [7, 11) is 1.61. The lowest BCUT2D eigenvalue weighted by molar-refractivity contribution is 0.0976. The van der Waals surface area contributed by atoms with E-state index in [1.807, 2.05) is 31.2 Å². The van der Waals surface area contributed by atoms with Crippen LogP contribution in [-0.4, -0.2) is 24.7 Å². The van der Waals surface area contributed by atoms with Crippen LogP contribution < -0.4 is 20.1 Å². The molecule has 5 nitrogen and oxygen atoms in total. The van der Waals surface area contributed by atoms with Crippen molar-refractivity contribution in [3.05, 3.63) is 57.6 Å². The van der Waals surface area contributed by atoms with Crippen molar-refractivity contribution in [2.75, 3.05) is 13.7 Å². The van der Waals surface area contributed by atoms with Crippen LogP contribution in [0.25, 0.3) is 0 Å². The van der Waals surface area contributed by atoms with E-state index in [0.29, 0.717) is 24.5 Å². The van der Waals surface area contributed by atoms with Gasteiger partial charge in [0.25, 0.3) is 5.91 Å². The van der Waals surface area contributed by atoms with Crippen LogP contribution in [0.2, 0.25) is 0 Å². The van der Waals surface area contributed by atoms with Gasteiger partial charge in [-0.3, -0.25) is 10.1 Å². The standard InChI is InChI=1S/C21H25BrN2O3S/c1-4-5-10-27-18-9-7-15(11-19(18)26-3)13-23-21(28)24-20(25)16-8-6-14(2)17(22)12-16/h6-9,11-12H,4-5,10,13H2,1-3H3,(H2,23,24,25,28). The molecule has 1 amide bonds. The van der Waals surface area contributed by atoms with E-state index in [-0.39, 0.29) is 11.0 Å². The average molecular weight is 465 g/mol. The van der Waals surface area contributed by atoms with Crippen LogP contribution in [0.15, 0.2) is 40.9 Å². The summed E-state index contributed by atoms with van der Waals surface area (Å²) in [5, 5.41) is 6.00. The number of halogens is 1. The minimum atomic E-state index is -0.254. The van der Waals surface area contributed by atoms with Crippen LogP contribution in [0.4, 0.5) is 0 Å². The number of hydrogen-bond acceptors (Lipinski definition) is 4. The Morgan fingerprint density at radius 1 is 1.18 bits per heavy atom. The molecule has 0 aromatic heterocycles. The molecule has 0 aliphatic carbocycles. The molecule has 2 rings (SSSR count). The van der Waals surface area contributed by atoms with Gasteiger partial charge in [0.15, 0.2) is 16.6 Å². The van der Waals surface area contributed by atoms with Crippen molar-refractivity contribution in [2.24, 2.45) is 0 Å². The Morgan fingerprint density at radius 3 is 2.64 bits per heavy atom. The highest BCUT2D eigenvalue weighted by molar-refractivity contribution is 9.10. The Kier molecular flexibility index (Phi) is 8.73. The molecule has 2 aromatic carbocycles. The minimum Gasteiger partial charge on any atom is -0.493 e. The van der Waals surface area contributed by atoms with Crippen molar-refractivity contribution >= 4 is 39.2 Å². The number of ether oxygens (including phenoxy) is 2. The highest BCUT2D eigenvalue weighted by atomic mass is 79.9. The van der Waals surface area contributed by atoms with E-state index in [1.54, 1.807) is 19.2 Å². The Morgan fingerprint density at radius 2 is 1.96 bits per heavy atom. The van der Waals surface area contributed by atoms with Gasteiger partial charge in [0, 0.05) is 16.6 Å². The number of carbonyl (C=O) groups is 1. The third-order valence-corrected chi connectivity index (χ3v) is 5.20. The number of carbonyl (C=O) groups excluding carboxylic acids is 1. The third kappa shape index (κ3) is 6.49. The third-order valence-electron chi connectivity index (χ3n) is 4.10. The molecule has 150 valence electrons. The Labute approximate surface area is 179 Å².